The van der Waals surface area contributed by atoms with Gasteiger partial charge in [0.2, 0.25) is 0 Å². The molecule has 1 aliphatic carbocycles. The van der Waals surface area contributed by atoms with Crippen LogP contribution in [-0.4, -0.2) is 11.7 Å². The molecule has 0 unspecified atom stereocenters. The molecule has 0 N–H and O–H groups in total. The van der Waals surface area contributed by atoms with Gasteiger partial charge in [-0.2, -0.15) is 0 Å². The van der Waals surface area contributed by atoms with Crippen molar-refractivity contribution in [2.75, 3.05) is 0 Å². The lowest BCUT2D eigenvalue weighted by atomic mass is 9.64. The standard InChI is InChI=1S/C13H22O/c1-10-6-5-8-12(3,4)13(10)9-7-11(2)14-13/h6,11H,5,7-9H2,1-4H3/t11-,13-/m0/s1. The summed E-state index contributed by atoms with van der Waals surface area (Å²) >= 11 is 0. The molecule has 1 aliphatic heterocycles. The van der Waals surface area contributed by atoms with Crippen molar-refractivity contribution in [1.29, 1.82) is 0 Å². The summed E-state index contributed by atoms with van der Waals surface area (Å²) in [5.41, 5.74) is 1.85. The normalized spacial score (nSPS) is 41.4. The van der Waals surface area contributed by atoms with Gasteiger partial charge in [-0.25, -0.2) is 0 Å². The lowest BCUT2D eigenvalue weighted by Crippen LogP contribution is -2.47. The van der Waals surface area contributed by atoms with Gasteiger partial charge in [-0.3, -0.25) is 0 Å². The van der Waals surface area contributed by atoms with Gasteiger partial charge in [0.05, 0.1) is 11.7 Å². The predicted molar refractivity (Wildman–Crippen MR) is 59.3 cm³/mol. The highest BCUT2D eigenvalue weighted by atomic mass is 16.5. The van der Waals surface area contributed by atoms with Gasteiger partial charge >= 0.3 is 0 Å². The molecule has 1 fully saturated rings. The van der Waals surface area contributed by atoms with E-state index in [0.717, 1.165) is 0 Å². The molecule has 2 aliphatic rings. The van der Waals surface area contributed by atoms with Crippen molar-refractivity contribution in [3.63, 3.8) is 0 Å². The molecule has 0 bridgehead atoms. The smallest absolute Gasteiger partial charge is 0.0944 e. The topological polar surface area (TPSA) is 9.23 Å². The third-order valence-corrected chi connectivity index (χ3v) is 4.26. The van der Waals surface area contributed by atoms with Gasteiger partial charge in [0.1, 0.15) is 0 Å². The van der Waals surface area contributed by atoms with Crippen molar-refractivity contribution in [2.24, 2.45) is 5.41 Å². The highest BCUT2D eigenvalue weighted by Crippen LogP contribution is 2.53. The van der Waals surface area contributed by atoms with Crippen molar-refractivity contribution in [3.8, 4) is 0 Å². The number of ether oxygens (including phenoxy) is 1. The lowest BCUT2D eigenvalue weighted by Gasteiger charge is -2.47. The Hall–Kier alpha value is -0.300. The largest absolute Gasteiger partial charge is 0.367 e. The van der Waals surface area contributed by atoms with Crippen molar-refractivity contribution in [2.45, 2.75) is 65.1 Å². The third-order valence-electron chi connectivity index (χ3n) is 4.26. The van der Waals surface area contributed by atoms with E-state index < -0.39 is 0 Å². The van der Waals surface area contributed by atoms with Gasteiger partial charge in [0.25, 0.3) is 0 Å². The monoisotopic (exact) mass is 194 g/mol. The Morgan fingerprint density at radius 3 is 2.57 bits per heavy atom. The van der Waals surface area contributed by atoms with E-state index in [2.05, 4.69) is 33.8 Å². The van der Waals surface area contributed by atoms with Crippen LogP contribution in [0.3, 0.4) is 0 Å². The Morgan fingerprint density at radius 1 is 1.36 bits per heavy atom. The van der Waals surface area contributed by atoms with E-state index in [9.17, 15) is 0 Å². The molecule has 1 heterocycles. The quantitative estimate of drug-likeness (QED) is 0.534. The average Bonchev–Trinajstić information content (AvgIpc) is 2.46. The minimum absolute atomic E-state index is 0.0602. The van der Waals surface area contributed by atoms with Crippen LogP contribution >= 0.6 is 0 Å². The fourth-order valence-electron chi connectivity index (χ4n) is 3.21. The molecule has 0 radical (unpaired) electrons. The second-order valence-corrected chi connectivity index (χ2v) is 5.60. The molecule has 14 heavy (non-hydrogen) atoms. The molecule has 2 rings (SSSR count). The lowest BCUT2D eigenvalue weighted by molar-refractivity contribution is -0.0912. The van der Waals surface area contributed by atoms with Crippen LogP contribution in [-0.2, 0) is 4.74 Å². The number of rotatable bonds is 0. The van der Waals surface area contributed by atoms with E-state index in [0.29, 0.717) is 11.5 Å². The number of allylic oxidation sites excluding steroid dienone is 1. The summed E-state index contributed by atoms with van der Waals surface area (Å²) in [7, 11) is 0. The minimum atomic E-state index is 0.0602. The zero-order chi connectivity index (χ0) is 10.4. The van der Waals surface area contributed by atoms with Gasteiger partial charge in [0, 0.05) is 0 Å². The molecule has 1 nitrogen and oxygen atoms in total. The van der Waals surface area contributed by atoms with Gasteiger partial charge < -0.3 is 4.74 Å². The maximum Gasteiger partial charge on any atom is 0.0944 e. The van der Waals surface area contributed by atoms with Crippen LogP contribution < -0.4 is 0 Å². The van der Waals surface area contributed by atoms with E-state index in [-0.39, 0.29) is 5.60 Å². The van der Waals surface area contributed by atoms with Crippen LogP contribution in [0.1, 0.15) is 53.4 Å². The summed E-state index contributed by atoms with van der Waals surface area (Å²) in [4.78, 5) is 0. The molecule has 0 aromatic rings. The van der Waals surface area contributed by atoms with Crippen molar-refractivity contribution in [3.05, 3.63) is 11.6 Å². The average molecular weight is 194 g/mol. The summed E-state index contributed by atoms with van der Waals surface area (Å²) in [6, 6.07) is 0. The van der Waals surface area contributed by atoms with Gasteiger partial charge in [-0.15, -0.1) is 0 Å². The van der Waals surface area contributed by atoms with Crippen molar-refractivity contribution in [1.82, 2.24) is 0 Å². The summed E-state index contributed by atoms with van der Waals surface area (Å²) < 4.78 is 6.25. The summed E-state index contributed by atoms with van der Waals surface area (Å²) in [6.45, 7) is 9.18. The zero-order valence-corrected chi connectivity index (χ0v) is 9.89. The van der Waals surface area contributed by atoms with E-state index in [4.69, 9.17) is 4.74 Å². The molecule has 80 valence electrons. The third kappa shape index (κ3) is 1.25. The zero-order valence-electron chi connectivity index (χ0n) is 9.89. The van der Waals surface area contributed by atoms with Crippen molar-refractivity contribution >= 4 is 0 Å². The van der Waals surface area contributed by atoms with E-state index in [1.165, 1.54) is 31.3 Å². The SMILES string of the molecule is CC1=CCCC(C)(C)[C@]12CC[C@H](C)O2. The van der Waals surface area contributed by atoms with Crippen LogP contribution in [0, 0.1) is 5.41 Å². The molecule has 0 amide bonds. The van der Waals surface area contributed by atoms with Gasteiger partial charge in [0.15, 0.2) is 0 Å². The van der Waals surface area contributed by atoms with Gasteiger partial charge in [-0.1, -0.05) is 19.9 Å². The minimum Gasteiger partial charge on any atom is -0.367 e. The fourth-order valence-corrected chi connectivity index (χ4v) is 3.21. The Morgan fingerprint density at radius 2 is 2.07 bits per heavy atom. The first-order valence-electron chi connectivity index (χ1n) is 5.83. The fraction of sp³-hybridized carbons (Fsp3) is 0.846. The van der Waals surface area contributed by atoms with Crippen LogP contribution in [0.15, 0.2) is 11.6 Å². The second kappa shape index (κ2) is 3.10. The van der Waals surface area contributed by atoms with E-state index in [1.54, 1.807) is 0 Å². The first-order valence-corrected chi connectivity index (χ1v) is 5.83. The first-order chi connectivity index (χ1) is 6.48. The Kier molecular flexibility index (Phi) is 2.26. The van der Waals surface area contributed by atoms with Crippen LogP contribution in [0.2, 0.25) is 0 Å². The summed E-state index contributed by atoms with van der Waals surface area (Å²) in [5.74, 6) is 0. The van der Waals surface area contributed by atoms with E-state index >= 15 is 0 Å². The maximum absolute atomic E-state index is 6.25. The Labute approximate surface area is 87.5 Å². The molecule has 1 saturated heterocycles. The molecule has 0 aromatic carbocycles. The van der Waals surface area contributed by atoms with Crippen molar-refractivity contribution < 1.29 is 4.74 Å². The van der Waals surface area contributed by atoms with Crippen LogP contribution in [0.4, 0.5) is 0 Å². The molecular weight excluding hydrogens is 172 g/mol. The summed E-state index contributed by atoms with van der Waals surface area (Å²) in [5, 5.41) is 0. The molecule has 1 spiro atoms. The molecule has 1 heteroatoms. The molecule has 0 aromatic heterocycles. The molecule has 0 saturated carbocycles. The summed E-state index contributed by atoms with van der Waals surface area (Å²) in [6.07, 6.45) is 7.73. The van der Waals surface area contributed by atoms with Crippen LogP contribution in [0.25, 0.3) is 0 Å². The highest BCUT2D eigenvalue weighted by molar-refractivity contribution is 5.25. The maximum atomic E-state index is 6.25. The number of hydrogen-bond acceptors (Lipinski definition) is 1. The highest BCUT2D eigenvalue weighted by Gasteiger charge is 2.52. The molecular formula is C13H22O. The number of hydrogen-bond donors (Lipinski definition) is 0. The predicted octanol–water partition coefficient (Wildman–Crippen LogP) is 3.69. The van der Waals surface area contributed by atoms with E-state index in [1.807, 2.05) is 0 Å². The second-order valence-electron chi connectivity index (χ2n) is 5.60. The molecule has 2 atom stereocenters. The van der Waals surface area contributed by atoms with Crippen LogP contribution in [0.5, 0.6) is 0 Å². The Bertz CT molecular complexity index is 264. The Balaban J connectivity index is 2.37. The van der Waals surface area contributed by atoms with Gasteiger partial charge in [-0.05, 0) is 50.5 Å². The first kappa shape index (κ1) is 10.2.